The lowest BCUT2D eigenvalue weighted by Gasteiger charge is -2.11. The Morgan fingerprint density at radius 2 is 2.04 bits per heavy atom. The SMILES string of the molecule is CCOc1ccc(C(=NCC(N)=S)c2ccccc2Cl)cc1F. The van der Waals surface area contributed by atoms with Crippen LogP contribution in [-0.4, -0.2) is 23.9 Å². The summed E-state index contributed by atoms with van der Waals surface area (Å²) >= 11 is 11.1. The van der Waals surface area contributed by atoms with Crippen LogP contribution in [0.3, 0.4) is 0 Å². The van der Waals surface area contributed by atoms with E-state index in [0.717, 1.165) is 0 Å². The van der Waals surface area contributed by atoms with Crippen molar-refractivity contribution < 1.29 is 9.13 Å². The summed E-state index contributed by atoms with van der Waals surface area (Å²) in [5.74, 6) is -0.261. The summed E-state index contributed by atoms with van der Waals surface area (Å²) in [6.45, 7) is 2.35. The molecule has 0 fully saturated rings. The van der Waals surface area contributed by atoms with Crippen LogP contribution in [-0.2, 0) is 0 Å². The second-order valence-corrected chi connectivity index (χ2v) is 5.62. The van der Waals surface area contributed by atoms with Gasteiger partial charge in [0.15, 0.2) is 11.6 Å². The predicted molar refractivity (Wildman–Crippen MR) is 96.3 cm³/mol. The number of benzene rings is 2. The van der Waals surface area contributed by atoms with Gasteiger partial charge in [0.2, 0.25) is 0 Å². The van der Waals surface area contributed by atoms with E-state index in [-0.39, 0.29) is 17.3 Å². The first-order valence-electron chi connectivity index (χ1n) is 7.03. The summed E-state index contributed by atoms with van der Waals surface area (Å²) in [6.07, 6.45) is 0. The van der Waals surface area contributed by atoms with Crippen LogP contribution in [0.1, 0.15) is 18.1 Å². The summed E-state index contributed by atoms with van der Waals surface area (Å²) in [6, 6.07) is 11.9. The smallest absolute Gasteiger partial charge is 0.165 e. The van der Waals surface area contributed by atoms with Gasteiger partial charge in [0.1, 0.15) is 0 Å². The maximum absolute atomic E-state index is 14.1. The van der Waals surface area contributed by atoms with Crippen molar-refractivity contribution in [2.24, 2.45) is 10.7 Å². The Hall–Kier alpha value is -1.98. The second-order valence-electron chi connectivity index (χ2n) is 4.69. The zero-order valence-corrected chi connectivity index (χ0v) is 14.1. The molecule has 0 spiro atoms. The number of hydrogen-bond donors (Lipinski definition) is 1. The van der Waals surface area contributed by atoms with Gasteiger partial charge in [0.25, 0.3) is 0 Å². The first-order valence-corrected chi connectivity index (χ1v) is 7.82. The van der Waals surface area contributed by atoms with E-state index in [1.807, 2.05) is 18.2 Å². The highest BCUT2D eigenvalue weighted by atomic mass is 35.5. The third-order valence-corrected chi connectivity index (χ3v) is 3.49. The van der Waals surface area contributed by atoms with Gasteiger partial charge in [0.05, 0.1) is 23.9 Å². The number of aliphatic imine (C=N–C) groups is 1. The van der Waals surface area contributed by atoms with E-state index in [1.165, 1.54) is 6.07 Å². The molecule has 0 atom stereocenters. The third kappa shape index (κ3) is 4.50. The largest absolute Gasteiger partial charge is 0.491 e. The summed E-state index contributed by atoms with van der Waals surface area (Å²) in [5.41, 5.74) is 7.33. The summed E-state index contributed by atoms with van der Waals surface area (Å²) in [5, 5.41) is 0.517. The Balaban J connectivity index is 2.50. The predicted octanol–water partition coefficient (Wildman–Crippen LogP) is 4.00. The fourth-order valence-corrected chi connectivity index (χ4v) is 2.35. The van der Waals surface area contributed by atoms with E-state index in [1.54, 1.807) is 25.1 Å². The molecule has 0 amide bonds. The van der Waals surface area contributed by atoms with E-state index >= 15 is 0 Å². The fraction of sp³-hybridized carbons (Fsp3) is 0.176. The van der Waals surface area contributed by atoms with Crippen molar-refractivity contribution in [2.75, 3.05) is 13.2 Å². The van der Waals surface area contributed by atoms with Crippen LogP contribution in [0.5, 0.6) is 5.75 Å². The molecule has 0 aliphatic carbocycles. The van der Waals surface area contributed by atoms with Gasteiger partial charge in [-0.2, -0.15) is 0 Å². The number of nitrogens with two attached hydrogens (primary N) is 1. The van der Waals surface area contributed by atoms with Crippen LogP contribution >= 0.6 is 23.8 Å². The minimum atomic E-state index is -0.459. The van der Waals surface area contributed by atoms with Crippen LogP contribution in [0.15, 0.2) is 47.5 Å². The maximum Gasteiger partial charge on any atom is 0.165 e. The number of rotatable bonds is 6. The Morgan fingerprint density at radius 3 is 2.65 bits per heavy atom. The molecular formula is C17H16ClFN2OS. The number of hydrogen-bond acceptors (Lipinski definition) is 3. The van der Waals surface area contributed by atoms with Gasteiger partial charge in [-0.15, -0.1) is 0 Å². The molecule has 23 heavy (non-hydrogen) atoms. The van der Waals surface area contributed by atoms with Gasteiger partial charge in [-0.3, -0.25) is 4.99 Å². The van der Waals surface area contributed by atoms with E-state index in [2.05, 4.69) is 4.99 Å². The van der Waals surface area contributed by atoms with Crippen molar-refractivity contribution in [3.63, 3.8) is 0 Å². The maximum atomic E-state index is 14.1. The molecule has 0 bridgehead atoms. The summed E-state index contributed by atoms with van der Waals surface area (Å²) < 4.78 is 19.4. The number of nitrogens with zero attached hydrogens (tertiary/aromatic N) is 1. The number of halogens is 2. The highest BCUT2D eigenvalue weighted by molar-refractivity contribution is 7.80. The lowest BCUT2D eigenvalue weighted by Crippen LogP contribution is -2.15. The lowest BCUT2D eigenvalue weighted by molar-refractivity contribution is 0.321. The highest BCUT2D eigenvalue weighted by Gasteiger charge is 2.13. The topological polar surface area (TPSA) is 47.6 Å². The van der Waals surface area contributed by atoms with E-state index < -0.39 is 5.82 Å². The molecule has 0 saturated carbocycles. The molecule has 0 heterocycles. The van der Waals surface area contributed by atoms with E-state index in [4.69, 9.17) is 34.3 Å². The molecule has 0 aromatic heterocycles. The average molecular weight is 351 g/mol. The molecule has 2 N–H and O–H groups in total. The molecule has 6 heteroatoms. The van der Waals surface area contributed by atoms with Gasteiger partial charge < -0.3 is 10.5 Å². The van der Waals surface area contributed by atoms with Crippen molar-refractivity contribution in [2.45, 2.75) is 6.92 Å². The van der Waals surface area contributed by atoms with Gasteiger partial charge in [-0.05, 0) is 31.2 Å². The minimum absolute atomic E-state index is 0.157. The second kappa shape index (κ2) is 8.04. The van der Waals surface area contributed by atoms with E-state index in [9.17, 15) is 4.39 Å². The van der Waals surface area contributed by atoms with Gasteiger partial charge >= 0.3 is 0 Å². The zero-order chi connectivity index (χ0) is 16.8. The first-order chi connectivity index (χ1) is 11.0. The Kier molecular flexibility index (Phi) is 6.07. The molecule has 0 aliphatic rings. The van der Waals surface area contributed by atoms with Crippen molar-refractivity contribution in [3.05, 3.63) is 64.4 Å². The molecule has 0 radical (unpaired) electrons. The van der Waals surface area contributed by atoms with Crippen molar-refractivity contribution in [1.82, 2.24) is 0 Å². The molecule has 3 nitrogen and oxygen atoms in total. The van der Waals surface area contributed by atoms with Crippen LogP contribution < -0.4 is 10.5 Å². The molecule has 0 saturated heterocycles. The summed E-state index contributed by atoms with van der Waals surface area (Å²) in [4.78, 5) is 4.65. The lowest BCUT2D eigenvalue weighted by atomic mass is 10.0. The van der Waals surface area contributed by atoms with Crippen molar-refractivity contribution in [3.8, 4) is 5.75 Å². The molecule has 2 aromatic carbocycles. The van der Waals surface area contributed by atoms with Gasteiger partial charge in [-0.25, -0.2) is 4.39 Å². The van der Waals surface area contributed by atoms with Crippen LogP contribution in [0.4, 0.5) is 4.39 Å². The monoisotopic (exact) mass is 350 g/mol. The average Bonchev–Trinajstić information content (AvgIpc) is 2.51. The standard InChI is InChI=1S/C17H16ClFN2OS/c1-2-22-15-8-7-11(9-14(15)19)17(21-10-16(20)23)12-5-3-4-6-13(12)18/h3-9H,2,10H2,1H3,(H2,20,23). The Bertz CT molecular complexity index is 749. The Morgan fingerprint density at radius 1 is 1.30 bits per heavy atom. The molecule has 0 unspecified atom stereocenters. The van der Waals surface area contributed by atoms with Crippen LogP contribution in [0.25, 0.3) is 0 Å². The van der Waals surface area contributed by atoms with Crippen molar-refractivity contribution in [1.29, 1.82) is 0 Å². The molecule has 120 valence electrons. The number of thiocarbonyl (C=S) groups is 1. The van der Waals surface area contributed by atoms with E-state index in [0.29, 0.717) is 28.5 Å². The quantitative estimate of drug-likeness (QED) is 0.632. The Labute approximate surface area is 144 Å². The van der Waals surface area contributed by atoms with Gasteiger partial charge in [-0.1, -0.05) is 42.0 Å². The zero-order valence-electron chi connectivity index (χ0n) is 12.6. The fourth-order valence-electron chi connectivity index (χ4n) is 2.06. The molecule has 0 aliphatic heterocycles. The summed E-state index contributed by atoms with van der Waals surface area (Å²) in [7, 11) is 0. The highest BCUT2D eigenvalue weighted by Crippen LogP contribution is 2.24. The third-order valence-electron chi connectivity index (χ3n) is 3.03. The number of ether oxygens (including phenoxy) is 1. The first kappa shape index (κ1) is 17.4. The molecular weight excluding hydrogens is 335 g/mol. The normalized spacial score (nSPS) is 11.3. The van der Waals surface area contributed by atoms with Crippen LogP contribution in [0.2, 0.25) is 5.02 Å². The van der Waals surface area contributed by atoms with Crippen LogP contribution in [0, 0.1) is 5.82 Å². The van der Waals surface area contributed by atoms with Crippen molar-refractivity contribution >= 4 is 34.5 Å². The van der Waals surface area contributed by atoms with Gasteiger partial charge in [0, 0.05) is 16.1 Å². The minimum Gasteiger partial charge on any atom is -0.491 e. The molecule has 2 aromatic rings. The molecule has 2 rings (SSSR count).